The summed E-state index contributed by atoms with van der Waals surface area (Å²) in [6.07, 6.45) is 2.51. The molecular weight excluding hydrogens is 300 g/mol. The molecule has 1 heterocycles. The predicted molar refractivity (Wildman–Crippen MR) is 69.7 cm³/mol. The van der Waals surface area contributed by atoms with Gasteiger partial charge in [0.15, 0.2) is 6.29 Å². The maximum atomic E-state index is 10.8. The van der Waals surface area contributed by atoms with Crippen LogP contribution in [0.2, 0.25) is 0 Å². The molecule has 2 aromatic rings. The van der Waals surface area contributed by atoms with Crippen LogP contribution in [0.25, 0.3) is 0 Å². The zero-order valence-corrected chi connectivity index (χ0v) is 10.8. The molecule has 0 aliphatic rings. The lowest BCUT2D eigenvalue weighted by atomic mass is 10.2. The fourth-order valence-corrected chi connectivity index (χ4v) is 2.23. The van der Waals surface area contributed by atoms with Gasteiger partial charge in [-0.3, -0.25) is 14.9 Å². The van der Waals surface area contributed by atoms with Gasteiger partial charge < -0.3 is 4.57 Å². The number of carbonyl (C=O) groups is 1. The van der Waals surface area contributed by atoms with Crippen LogP contribution in [-0.4, -0.2) is 15.8 Å². The second kappa shape index (κ2) is 5.14. The molecule has 0 spiro atoms. The van der Waals surface area contributed by atoms with Gasteiger partial charge in [0.1, 0.15) is 4.47 Å². The van der Waals surface area contributed by atoms with E-state index in [0.717, 1.165) is 11.8 Å². The van der Waals surface area contributed by atoms with Crippen LogP contribution in [0.1, 0.15) is 16.1 Å². The summed E-state index contributed by atoms with van der Waals surface area (Å²) in [5.41, 5.74) is 1.31. The molecule has 0 radical (unpaired) electrons. The van der Waals surface area contributed by atoms with Gasteiger partial charge in [-0.25, -0.2) is 0 Å². The first-order chi connectivity index (χ1) is 8.63. The van der Waals surface area contributed by atoms with E-state index in [1.165, 1.54) is 6.07 Å². The fraction of sp³-hybridized carbons (Fsp3) is 0.0833. The molecule has 92 valence electrons. The number of hydrogen-bond acceptors (Lipinski definition) is 3. The zero-order valence-electron chi connectivity index (χ0n) is 9.25. The number of nitro groups is 1. The van der Waals surface area contributed by atoms with E-state index in [4.69, 9.17) is 0 Å². The first kappa shape index (κ1) is 12.5. The van der Waals surface area contributed by atoms with Crippen LogP contribution in [0.5, 0.6) is 0 Å². The Labute approximate surface area is 111 Å². The molecule has 0 fully saturated rings. The van der Waals surface area contributed by atoms with Gasteiger partial charge in [0.25, 0.3) is 5.69 Å². The Kier molecular flexibility index (Phi) is 3.57. The van der Waals surface area contributed by atoms with Gasteiger partial charge in [0.2, 0.25) is 0 Å². The van der Waals surface area contributed by atoms with Crippen LogP contribution < -0.4 is 0 Å². The van der Waals surface area contributed by atoms with Crippen molar-refractivity contribution in [2.75, 3.05) is 0 Å². The van der Waals surface area contributed by atoms with Crippen molar-refractivity contribution in [2.45, 2.75) is 6.54 Å². The largest absolute Gasteiger partial charge is 0.341 e. The summed E-state index contributed by atoms with van der Waals surface area (Å²) in [5.74, 6) is 0. The van der Waals surface area contributed by atoms with Crippen LogP contribution in [0.4, 0.5) is 5.69 Å². The molecule has 1 aromatic carbocycles. The van der Waals surface area contributed by atoms with E-state index in [1.807, 2.05) is 0 Å². The van der Waals surface area contributed by atoms with Crippen LogP contribution in [0.15, 0.2) is 41.0 Å². The summed E-state index contributed by atoms with van der Waals surface area (Å²) in [6.45, 7) is 0.406. The van der Waals surface area contributed by atoms with E-state index in [9.17, 15) is 14.9 Å². The van der Waals surface area contributed by atoms with Crippen molar-refractivity contribution in [3.8, 4) is 0 Å². The van der Waals surface area contributed by atoms with Gasteiger partial charge in [0.05, 0.1) is 10.6 Å². The predicted octanol–water partition coefficient (Wildman–Crippen LogP) is 3.02. The highest BCUT2D eigenvalue weighted by molar-refractivity contribution is 9.10. The molecule has 0 aliphatic heterocycles. The standard InChI is InChI=1S/C12H9BrN2O3/c13-12-9(3-1-5-11(12)15(17)18)7-14-6-2-4-10(14)8-16/h1-6,8H,7H2. The normalized spacial score (nSPS) is 10.3. The van der Waals surface area contributed by atoms with Crippen molar-refractivity contribution in [3.63, 3.8) is 0 Å². The first-order valence-corrected chi connectivity index (χ1v) is 5.95. The number of hydrogen-bond donors (Lipinski definition) is 0. The highest BCUT2D eigenvalue weighted by Gasteiger charge is 2.15. The first-order valence-electron chi connectivity index (χ1n) is 5.15. The lowest BCUT2D eigenvalue weighted by molar-refractivity contribution is -0.385. The number of nitrogens with zero attached hydrogens (tertiary/aromatic N) is 2. The zero-order chi connectivity index (χ0) is 13.1. The van der Waals surface area contributed by atoms with Gasteiger partial charge in [-0.2, -0.15) is 0 Å². The summed E-state index contributed by atoms with van der Waals surface area (Å²) >= 11 is 3.23. The molecule has 2 rings (SSSR count). The Morgan fingerprint density at radius 3 is 2.78 bits per heavy atom. The van der Waals surface area contributed by atoms with Crippen molar-refractivity contribution in [1.29, 1.82) is 0 Å². The second-order valence-corrected chi connectivity index (χ2v) is 4.48. The third-order valence-corrected chi connectivity index (χ3v) is 3.50. The lowest BCUT2D eigenvalue weighted by Crippen LogP contribution is -2.04. The monoisotopic (exact) mass is 308 g/mol. The number of aromatic nitrogens is 1. The maximum Gasteiger partial charge on any atom is 0.283 e. The number of aldehydes is 1. The Hall–Kier alpha value is -1.95. The van der Waals surface area contributed by atoms with Gasteiger partial charge in [-0.05, 0) is 33.6 Å². The van der Waals surface area contributed by atoms with Gasteiger partial charge in [0, 0.05) is 18.8 Å². The molecule has 0 saturated heterocycles. The number of benzene rings is 1. The smallest absolute Gasteiger partial charge is 0.283 e. The van der Waals surface area contributed by atoms with Crippen LogP contribution in [0.3, 0.4) is 0 Å². The van der Waals surface area contributed by atoms with Crippen molar-refractivity contribution in [2.24, 2.45) is 0 Å². The number of carbonyl (C=O) groups excluding carboxylic acids is 1. The van der Waals surface area contributed by atoms with Gasteiger partial charge >= 0.3 is 0 Å². The van der Waals surface area contributed by atoms with E-state index in [-0.39, 0.29) is 5.69 Å². The molecule has 0 bridgehead atoms. The Balaban J connectivity index is 2.38. The Morgan fingerprint density at radius 1 is 1.33 bits per heavy atom. The molecule has 0 amide bonds. The number of rotatable bonds is 4. The van der Waals surface area contributed by atoms with E-state index in [2.05, 4.69) is 15.9 Å². The molecule has 6 heteroatoms. The summed E-state index contributed by atoms with van der Waals surface area (Å²) in [7, 11) is 0. The number of halogens is 1. The fourth-order valence-electron chi connectivity index (χ4n) is 1.69. The van der Waals surface area contributed by atoms with Crippen molar-refractivity contribution in [3.05, 3.63) is 62.4 Å². The summed E-state index contributed by atoms with van der Waals surface area (Å²) in [6, 6.07) is 8.30. The summed E-state index contributed by atoms with van der Waals surface area (Å²) in [5, 5.41) is 10.8. The highest BCUT2D eigenvalue weighted by Crippen LogP contribution is 2.28. The highest BCUT2D eigenvalue weighted by atomic mass is 79.9. The van der Waals surface area contributed by atoms with Gasteiger partial charge in [-0.15, -0.1) is 0 Å². The summed E-state index contributed by atoms with van der Waals surface area (Å²) in [4.78, 5) is 21.2. The van der Waals surface area contributed by atoms with E-state index in [1.54, 1.807) is 35.0 Å². The Morgan fingerprint density at radius 2 is 2.11 bits per heavy atom. The summed E-state index contributed by atoms with van der Waals surface area (Å²) < 4.78 is 2.18. The minimum Gasteiger partial charge on any atom is -0.341 e. The number of nitro benzene ring substituents is 1. The molecule has 0 N–H and O–H groups in total. The van der Waals surface area contributed by atoms with Crippen LogP contribution in [-0.2, 0) is 6.54 Å². The third-order valence-electron chi connectivity index (χ3n) is 2.58. The molecule has 0 unspecified atom stereocenters. The maximum absolute atomic E-state index is 10.8. The molecule has 0 atom stereocenters. The Bertz CT molecular complexity index is 607. The molecule has 18 heavy (non-hydrogen) atoms. The third kappa shape index (κ3) is 2.33. The SMILES string of the molecule is O=Cc1cccn1Cc1cccc([N+](=O)[O-])c1Br. The van der Waals surface area contributed by atoms with E-state index >= 15 is 0 Å². The lowest BCUT2D eigenvalue weighted by Gasteiger charge is -2.07. The van der Waals surface area contributed by atoms with Crippen LogP contribution >= 0.6 is 15.9 Å². The molecule has 1 aromatic heterocycles. The second-order valence-electron chi connectivity index (χ2n) is 3.69. The van der Waals surface area contributed by atoms with Gasteiger partial charge in [-0.1, -0.05) is 12.1 Å². The molecular formula is C12H9BrN2O3. The molecule has 0 saturated carbocycles. The quantitative estimate of drug-likeness (QED) is 0.495. The molecule has 0 aliphatic carbocycles. The molecule has 5 nitrogen and oxygen atoms in total. The van der Waals surface area contributed by atoms with E-state index < -0.39 is 4.92 Å². The van der Waals surface area contributed by atoms with E-state index in [0.29, 0.717) is 16.7 Å². The minimum atomic E-state index is -0.441. The van der Waals surface area contributed by atoms with Crippen LogP contribution in [0, 0.1) is 10.1 Å². The topological polar surface area (TPSA) is 65.1 Å². The average Bonchev–Trinajstić information content (AvgIpc) is 2.78. The van der Waals surface area contributed by atoms with Crippen molar-refractivity contribution in [1.82, 2.24) is 4.57 Å². The minimum absolute atomic E-state index is 0.0207. The van der Waals surface area contributed by atoms with Crippen molar-refractivity contribution >= 4 is 27.9 Å². The van der Waals surface area contributed by atoms with Crippen molar-refractivity contribution < 1.29 is 9.72 Å². The average molecular weight is 309 g/mol.